The summed E-state index contributed by atoms with van der Waals surface area (Å²) < 4.78 is 10.9. The molecule has 35 heavy (non-hydrogen) atoms. The van der Waals surface area contributed by atoms with Gasteiger partial charge in [0.05, 0.1) is 30.5 Å². The first-order chi connectivity index (χ1) is 16.8. The molecule has 3 aromatic rings. The van der Waals surface area contributed by atoms with E-state index in [1.807, 2.05) is 81.4 Å². The number of ketones is 1. The highest BCUT2D eigenvalue weighted by Gasteiger charge is 2.45. The van der Waals surface area contributed by atoms with Gasteiger partial charge in [0.15, 0.2) is 11.5 Å². The third-order valence-corrected chi connectivity index (χ3v) is 6.26. The highest BCUT2D eigenvalue weighted by Crippen LogP contribution is 2.40. The second-order valence-electron chi connectivity index (χ2n) is 8.82. The highest BCUT2D eigenvalue weighted by atomic mass is 16.5. The number of rotatable bonds is 9. The number of hydrogen-bond donors (Lipinski definition) is 1. The molecule has 0 aliphatic carbocycles. The lowest BCUT2D eigenvalue weighted by Gasteiger charge is -2.33. The molecule has 2 unspecified atom stereocenters. The number of carbonyl (C=O) groups excluding carboxylic acids is 2. The predicted octanol–water partition coefficient (Wildman–Crippen LogP) is 4.87. The van der Waals surface area contributed by atoms with Crippen molar-refractivity contribution in [3.8, 4) is 5.75 Å². The van der Waals surface area contributed by atoms with Gasteiger partial charge in [-0.3, -0.25) is 9.59 Å². The number of Topliss-reactive ketones (excluding diaryl/α,β-unsaturated/α-hetero) is 1. The molecule has 4 rings (SSSR count). The van der Waals surface area contributed by atoms with Gasteiger partial charge in [-0.1, -0.05) is 42.0 Å². The molecule has 7 nitrogen and oxygen atoms in total. The molecule has 0 spiro atoms. The van der Waals surface area contributed by atoms with E-state index in [4.69, 9.17) is 9.15 Å². The maximum atomic E-state index is 13.4. The number of likely N-dealkylation sites (N-methyl/N-ethyl adjacent to an activating group) is 1. The summed E-state index contributed by atoms with van der Waals surface area (Å²) >= 11 is 0. The molecule has 7 heteroatoms. The molecular weight excluding hydrogens is 444 g/mol. The quantitative estimate of drug-likeness (QED) is 0.446. The molecule has 1 N–H and O–H groups in total. The topological polar surface area (TPSA) is 83.2 Å². The number of amides is 1. The monoisotopic (exact) mass is 474 g/mol. The average Bonchev–Trinajstić information content (AvgIpc) is 3.46. The van der Waals surface area contributed by atoms with Crippen LogP contribution in [0.5, 0.6) is 5.75 Å². The van der Waals surface area contributed by atoms with E-state index in [-0.39, 0.29) is 23.9 Å². The first-order valence-electron chi connectivity index (χ1n) is 11.6. The molecule has 1 amide bonds. The van der Waals surface area contributed by atoms with Crippen LogP contribution < -0.4 is 4.74 Å². The number of aliphatic hydroxyl groups is 1. The summed E-state index contributed by atoms with van der Waals surface area (Å²) in [4.78, 5) is 30.3. The Morgan fingerprint density at radius 1 is 1.11 bits per heavy atom. The first kappa shape index (κ1) is 24.3. The van der Waals surface area contributed by atoms with E-state index in [1.165, 1.54) is 12.3 Å². The van der Waals surface area contributed by atoms with Gasteiger partial charge in [-0.2, -0.15) is 0 Å². The fourth-order valence-electron chi connectivity index (χ4n) is 4.42. The van der Waals surface area contributed by atoms with Gasteiger partial charge < -0.3 is 24.1 Å². The van der Waals surface area contributed by atoms with Crippen LogP contribution in [0.3, 0.4) is 0 Å². The van der Waals surface area contributed by atoms with Gasteiger partial charge in [-0.15, -0.1) is 0 Å². The molecule has 2 atom stereocenters. The second-order valence-corrected chi connectivity index (χ2v) is 8.82. The summed E-state index contributed by atoms with van der Waals surface area (Å²) in [6.07, 6.45) is 1.40. The van der Waals surface area contributed by atoms with Gasteiger partial charge >= 0.3 is 0 Å². The van der Waals surface area contributed by atoms with E-state index < -0.39 is 23.5 Å². The maximum absolute atomic E-state index is 13.4. The van der Waals surface area contributed by atoms with Crippen LogP contribution in [0, 0.1) is 6.92 Å². The Labute approximate surface area is 205 Å². The molecule has 1 aliphatic rings. The maximum Gasteiger partial charge on any atom is 0.290 e. The van der Waals surface area contributed by atoms with Crippen LogP contribution in [-0.4, -0.2) is 53.8 Å². The Balaban J connectivity index is 1.73. The number of hydrogen-bond acceptors (Lipinski definition) is 6. The lowest BCUT2D eigenvalue weighted by atomic mass is 9.94. The van der Waals surface area contributed by atoms with E-state index in [0.717, 1.165) is 22.4 Å². The molecule has 1 aliphatic heterocycles. The van der Waals surface area contributed by atoms with Crippen LogP contribution in [0.1, 0.15) is 46.3 Å². The Kier molecular flexibility index (Phi) is 7.07. The van der Waals surface area contributed by atoms with Crippen molar-refractivity contribution in [3.63, 3.8) is 0 Å². The van der Waals surface area contributed by atoms with Crippen LogP contribution in [-0.2, 0) is 4.79 Å². The average molecular weight is 475 g/mol. The molecule has 182 valence electrons. The molecule has 2 heterocycles. The van der Waals surface area contributed by atoms with Crippen LogP contribution in [0.25, 0.3) is 0 Å². The summed E-state index contributed by atoms with van der Waals surface area (Å²) in [5, 5.41) is 10.9. The van der Waals surface area contributed by atoms with Gasteiger partial charge in [0.1, 0.15) is 5.75 Å². The lowest BCUT2D eigenvalue weighted by molar-refractivity contribution is -0.130. The summed E-state index contributed by atoms with van der Waals surface area (Å²) in [5.74, 6) is -0.774. The number of furan rings is 1. The second kappa shape index (κ2) is 10.2. The van der Waals surface area contributed by atoms with E-state index in [9.17, 15) is 14.7 Å². The van der Waals surface area contributed by atoms with Crippen LogP contribution >= 0.6 is 0 Å². The number of aryl methyl sites for hydroxylation is 1. The van der Waals surface area contributed by atoms with Crippen molar-refractivity contribution in [1.29, 1.82) is 0 Å². The van der Waals surface area contributed by atoms with Crippen molar-refractivity contribution in [2.75, 3.05) is 27.2 Å². The molecule has 0 bridgehead atoms. The summed E-state index contributed by atoms with van der Waals surface area (Å²) in [5.41, 5.74) is 2.81. The standard InChI is InChI=1S/C28H30N2O5/c1-5-34-21-14-12-19(13-15-21)22(29(3)4)17-30-25(20-10-8-18(2)9-11-20)24(27(32)28(30)33)26(31)23-7-6-16-35-23/h6-16,22,25,32H,5,17H2,1-4H3. The number of ether oxygens (including phenoxy) is 1. The predicted molar refractivity (Wildman–Crippen MR) is 132 cm³/mol. The van der Waals surface area contributed by atoms with Crippen molar-refractivity contribution >= 4 is 11.7 Å². The minimum atomic E-state index is -0.745. The lowest BCUT2D eigenvalue weighted by Crippen LogP contribution is -2.38. The number of carbonyl (C=O) groups is 2. The molecule has 0 saturated heterocycles. The number of benzene rings is 2. The van der Waals surface area contributed by atoms with Crippen LogP contribution in [0.2, 0.25) is 0 Å². The Hall–Kier alpha value is -3.84. The first-order valence-corrected chi connectivity index (χ1v) is 11.6. The molecule has 0 saturated carbocycles. The van der Waals surface area contributed by atoms with Gasteiger partial charge in [-0.25, -0.2) is 0 Å². The van der Waals surface area contributed by atoms with Crippen LogP contribution in [0.4, 0.5) is 0 Å². The van der Waals surface area contributed by atoms with Gasteiger partial charge in [0.2, 0.25) is 5.78 Å². The van der Waals surface area contributed by atoms with Crippen molar-refractivity contribution in [3.05, 3.63) is 101 Å². The Bertz CT molecular complexity index is 1210. The van der Waals surface area contributed by atoms with Gasteiger partial charge in [-0.05, 0) is 63.3 Å². The molecule has 2 aromatic carbocycles. The van der Waals surface area contributed by atoms with Crippen LogP contribution in [0.15, 0.2) is 82.7 Å². The van der Waals surface area contributed by atoms with E-state index in [2.05, 4.69) is 0 Å². The molecule has 0 fully saturated rings. The summed E-state index contributed by atoms with van der Waals surface area (Å²) in [6, 6.07) is 17.6. The van der Waals surface area contributed by atoms with E-state index in [0.29, 0.717) is 6.61 Å². The molecule has 0 radical (unpaired) electrons. The molecule has 1 aromatic heterocycles. The zero-order chi connectivity index (χ0) is 25.1. The SMILES string of the molecule is CCOc1ccc(C(CN2C(=O)C(O)=C(C(=O)c3ccco3)C2c2ccc(C)cc2)N(C)C)cc1. The van der Waals surface area contributed by atoms with Crippen molar-refractivity contribution in [1.82, 2.24) is 9.80 Å². The van der Waals surface area contributed by atoms with Crippen molar-refractivity contribution in [2.45, 2.75) is 25.9 Å². The van der Waals surface area contributed by atoms with E-state index in [1.54, 1.807) is 11.0 Å². The van der Waals surface area contributed by atoms with E-state index >= 15 is 0 Å². The fraction of sp³-hybridized carbons (Fsp3) is 0.286. The molecular formula is C28H30N2O5. The summed E-state index contributed by atoms with van der Waals surface area (Å²) in [7, 11) is 3.87. The van der Waals surface area contributed by atoms with Gasteiger partial charge in [0.25, 0.3) is 5.91 Å². The number of aliphatic hydroxyl groups excluding tert-OH is 1. The smallest absolute Gasteiger partial charge is 0.290 e. The van der Waals surface area contributed by atoms with Crippen molar-refractivity contribution in [2.24, 2.45) is 0 Å². The van der Waals surface area contributed by atoms with Gasteiger partial charge in [0, 0.05) is 6.54 Å². The number of nitrogens with zero attached hydrogens (tertiary/aromatic N) is 2. The minimum absolute atomic E-state index is 0.0259. The third kappa shape index (κ3) is 4.86. The Morgan fingerprint density at radius 2 is 1.80 bits per heavy atom. The Morgan fingerprint density at radius 3 is 2.37 bits per heavy atom. The largest absolute Gasteiger partial charge is 0.503 e. The zero-order valence-electron chi connectivity index (χ0n) is 20.4. The fourth-order valence-corrected chi connectivity index (χ4v) is 4.42. The minimum Gasteiger partial charge on any atom is -0.503 e. The normalized spacial score (nSPS) is 16.8. The highest BCUT2D eigenvalue weighted by molar-refractivity contribution is 6.15. The van der Waals surface area contributed by atoms with Crippen molar-refractivity contribution < 1.29 is 23.8 Å². The third-order valence-electron chi connectivity index (χ3n) is 6.26. The summed E-state index contributed by atoms with van der Waals surface area (Å²) in [6.45, 7) is 4.74. The zero-order valence-corrected chi connectivity index (χ0v) is 20.4.